The van der Waals surface area contributed by atoms with E-state index in [4.69, 9.17) is 0 Å². The van der Waals surface area contributed by atoms with Gasteiger partial charge in [0.05, 0.1) is 5.92 Å². The molecule has 1 N–H and O–H groups in total. The zero-order valence-electron chi connectivity index (χ0n) is 15.3. The van der Waals surface area contributed by atoms with Crippen LogP contribution in [0.25, 0.3) is 0 Å². The molecule has 0 aromatic heterocycles. The van der Waals surface area contributed by atoms with Gasteiger partial charge in [-0.1, -0.05) is 49.9 Å². The second kappa shape index (κ2) is 6.60. The van der Waals surface area contributed by atoms with Gasteiger partial charge in [0.1, 0.15) is 11.6 Å². The van der Waals surface area contributed by atoms with Gasteiger partial charge in [0.15, 0.2) is 10.9 Å². The van der Waals surface area contributed by atoms with Crippen LogP contribution in [0.3, 0.4) is 0 Å². The number of hydrogen-bond acceptors (Lipinski definition) is 4. The lowest BCUT2D eigenvalue weighted by Gasteiger charge is -2.45. The third-order valence-corrected chi connectivity index (χ3v) is 6.39. The van der Waals surface area contributed by atoms with Crippen LogP contribution in [0.15, 0.2) is 53.5 Å². The highest BCUT2D eigenvalue weighted by Gasteiger charge is 2.52. The minimum absolute atomic E-state index is 0.0570. The Kier molecular flexibility index (Phi) is 4.51. The van der Waals surface area contributed by atoms with Gasteiger partial charge in [-0.05, 0) is 35.4 Å². The summed E-state index contributed by atoms with van der Waals surface area (Å²) < 4.78 is 27.0. The molecular weight excluding hydrogens is 366 g/mol. The summed E-state index contributed by atoms with van der Waals surface area (Å²) in [5, 5.41) is 12.7. The lowest BCUT2D eigenvalue weighted by atomic mass is 9.81. The molecule has 0 aliphatic carbocycles. The second-order valence-corrected chi connectivity index (χ2v) is 9.00. The topological polar surface area (TPSA) is 35.8 Å². The van der Waals surface area contributed by atoms with Crippen molar-refractivity contribution < 1.29 is 13.9 Å². The summed E-state index contributed by atoms with van der Waals surface area (Å²) in [5.41, 5.74) is 0.293. The molecule has 0 amide bonds. The molecule has 1 unspecified atom stereocenters. The summed E-state index contributed by atoms with van der Waals surface area (Å²) in [6.07, 6.45) is 0. The fourth-order valence-corrected chi connectivity index (χ4v) is 5.06. The molecule has 0 bridgehead atoms. The molecule has 2 aliphatic rings. The monoisotopic (exact) mass is 388 g/mol. The first-order valence-corrected chi connectivity index (χ1v) is 9.95. The van der Waals surface area contributed by atoms with Gasteiger partial charge < -0.3 is 10.0 Å². The van der Waals surface area contributed by atoms with E-state index in [0.717, 1.165) is 22.8 Å². The van der Waals surface area contributed by atoms with Crippen molar-refractivity contribution >= 4 is 16.9 Å². The van der Waals surface area contributed by atoms with E-state index in [1.165, 1.54) is 36.0 Å². The molecule has 0 radical (unpaired) electrons. The number of amidine groups is 1. The highest BCUT2D eigenvalue weighted by Crippen LogP contribution is 2.47. The summed E-state index contributed by atoms with van der Waals surface area (Å²) in [7, 11) is 0. The van der Waals surface area contributed by atoms with Crippen molar-refractivity contribution in [3.63, 3.8) is 0 Å². The van der Waals surface area contributed by atoms with Gasteiger partial charge in [-0.25, -0.2) is 8.78 Å². The zero-order chi connectivity index (χ0) is 19.2. The van der Waals surface area contributed by atoms with E-state index in [9.17, 15) is 13.9 Å². The largest absolute Gasteiger partial charge is 0.369 e. The number of nitrogens with zero attached hydrogens (tertiary/aromatic N) is 2. The Balaban J connectivity index is 1.83. The number of aliphatic imine (C=N–C) groups is 1. The highest BCUT2D eigenvalue weighted by molar-refractivity contribution is 8.14. The van der Waals surface area contributed by atoms with Gasteiger partial charge in [0, 0.05) is 24.3 Å². The Labute approximate surface area is 162 Å². The third kappa shape index (κ3) is 3.36. The summed E-state index contributed by atoms with van der Waals surface area (Å²) in [6.45, 7) is 5.65. The summed E-state index contributed by atoms with van der Waals surface area (Å²) in [4.78, 5) is 6.63. The third-order valence-electron chi connectivity index (χ3n) is 5.21. The summed E-state index contributed by atoms with van der Waals surface area (Å²) in [6, 6.07) is 12.3. The number of hydrogen-bond donors (Lipinski definition) is 1. The smallest absolute Gasteiger partial charge is 0.161 e. The number of aliphatic hydroxyl groups is 1. The van der Waals surface area contributed by atoms with Crippen molar-refractivity contribution in [2.75, 3.05) is 18.8 Å². The Hall–Kier alpha value is -1.92. The lowest BCUT2D eigenvalue weighted by molar-refractivity contribution is -0.0703. The van der Waals surface area contributed by atoms with Gasteiger partial charge in [-0.3, -0.25) is 4.99 Å². The van der Waals surface area contributed by atoms with Gasteiger partial charge in [0.25, 0.3) is 0 Å². The Morgan fingerprint density at radius 1 is 1.00 bits per heavy atom. The predicted molar refractivity (Wildman–Crippen MR) is 105 cm³/mol. The molecule has 27 heavy (non-hydrogen) atoms. The molecule has 2 aromatic carbocycles. The van der Waals surface area contributed by atoms with Crippen LogP contribution < -0.4 is 0 Å². The maximum atomic E-state index is 13.5. The minimum atomic E-state index is -1.23. The van der Waals surface area contributed by atoms with Gasteiger partial charge in [0.2, 0.25) is 0 Å². The number of thioether (sulfide) groups is 1. The van der Waals surface area contributed by atoms with Crippen molar-refractivity contribution in [1.29, 1.82) is 0 Å². The zero-order valence-corrected chi connectivity index (χ0v) is 16.1. The average molecular weight is 388 g/mol. The Morgan fingerprint density at radius 2 is 1.52 bits per heavy atom. The summed E-state index contributed by atoms with van der Waals surface area (Å²) >= 11 is 1.54. The fraction of sp³-hybridized carbons (Fsp3) is 0.381. The number of fused-ring (bicyclic) bond motifs is 1. The van der Waals surface area contributed by atoms with Crippen LogP contribution in [-0.2, 0) is 0 Å². The minimum Gasteiger partial charge on any atom is -0.369 e. The van der Waals surface area contributed by atoms with E-state index in [0.29, 0.717) is 12.3 Å². The van der Waals surface area contributed by atoms with Gasteiger partial charge in [-0.2, -0.15) is 0 Å². The standard InChI is InChI=1S/C21H22F2N2OS/c1-20(2)11-24-19-25(12-20)21(26,13-27-19)18(14-3-7-16(22)8-4-14)15-5-9-17(23)10-6-15/h3-10,18,26H,11-13H2,1-2H3. The molecule has 0 saturated carbocycles. The number of halogens is 2. The first kappa shape index (κ1) is 18.4. The fourth-order valence-electron chi connectivity index (χ4n) is 3.86. The van der Waals surface area contributed by atoms with Crippen molar-refractivity contribution in [3.8, 4) is 0 Å². The highest BCUT2D eigenvalue weighted by atomic mass is 32.2. The van der Waals surface area contributed by atoms with E-state index < -0.39 is 11.6 Å². The molecule has 2 aromatic rings. The van der Waals surface area contributed by atoms with Crippen LogP contribution in [0.4, 0.5) is 8.78 Å². The molecule has 4 rings (SSSR count). The normalized spacial score (nSPS) is 24.1. The van der Waals surface area contributed by atoms with E-state index in [2.05, 4.69) is 18.8 Å². The van der Waals surface area contributed by atoms with E-state index >= 15 is 0 Å². The molecule has 1 fully saturated rings. The molecule has 1 saturated heterocycles. The Bertz CT molecular complexity index is 821. The quantitative estimate of drug-likeness (QED) is 0.855. The first-order chi connectivity index (χ1) is 12.8. The Morgan fingerprint density at radius 3 is 2.04 bits per heavy atom. The SMILES string of the molecule is CC1(C)CN=C2SCC(O)(C(c3ccc(F)cc3)c3ccc(F)cc3)N2C1. The molecular formula is C21H22F2N2OS. The predicted octanol–water partition coefficient (Wildman–Crippen LogP) is 4.23. The van der Waals surface area contributed by atoms with E-state index in [-0.39, 0.29) is 17.0 Å². The molecule has 2 aliphatic heterocycles. The van der Waals surface area contributed by atoms with Crippen molar-refractivity contribution in [2.24, 2.45) is 10.4 Å². The van der Waals surface area contributed by atoms with Crippen LogP contribution in [0.2, 0.25) is 0 Å². The molecule has 142 valence electrons. The molecule has 0 spiro atoms. The van der Waals surface area contributed by atoms with Crippen LogP contribution in [0.1, 0.15) is 30.9 Å². The van der Waals surface area contributed by atoms with Crippen LogP contribution >= 0.6 is 11.8 Å². The van der Waals surface area contributed by atoms with E-state index in [1.807, 2.05) is 4.90 Å². The van der Waals surface area contributed by atoms with Crippen LogP contribution in [0, 0.1) is 17.0 Å². The van der Waals surface area contributed by atoms with Gasteiger partial charge >= 0.3 is 0 Å². The lowest BCUT2D eigenvalue weighted by Crippen LogP contribution is -2.56. The maximum absolute atomic E-state index is 13.5. The molecule has 1 atom stereocenters. The average Bonchev–Trinajstić information content (AvgIpc) is 2.94. The van der Waals surface area contributed by atoms with Crippen LogP contribution in [-0.4, -0.2) is 39.7 Å². The number of rotatable bonds is 3. The molecule has 3 nitrogen and oxygen atoms in total. The van der Waals surface area contributed by atoms with E-state index in [1.54, 1.807) is 24.3 Å². The van der Waals surface area contributed by atoms with Crippen molar-refractivity contribution in [2.45, 2.75) is 25.5 Å². The second-order valence-electron chi connectivity index (χ2n) is 8.05. The summed E-state index contributed by atoms with van der Waals surface area (Å²) in [5.74, 6) is -0.661. The van der Waals surface area contributed by atoms with Gasteiger partial charge in [-0.15, -0.1) is 0 Å². The first-order valence-electron chi connectivity index (χ1n) is 8.97. The molecule has 6 heteroatoms. The number of benzene rings is 2. The van der Waals surface area contributed by atoms with Crippen molar-refractivity contribution in [3.05, 3.63) is 71.3 Å². The molecule has 2 heterocycles. The van der Waals surface area contributed by atoms with Crippen LogP contribution in [0.5, 0.6) is 0 Å². The maximum Gasteiger partial charge on any atom is 0.161 e. The van der Waals surface area contributed by atoms with Crippen molar-refractivity contribution in [1.82, 2.24) is 4.90 Å².